The quantitative estimate of drug-likeness (QED) is 0.582. The molecular formula is C21H16Cl2N2O2. The lowest BCUT2D eigenvalue weighted by molar-refractivity contribution is 0.101. The smallest absolute Gasteiger partial charge is 0.255 e. The van der Waals surface area contributed by atoms with E-state index < -0.39 is 0 Å². The fourth-order valence-electron chi connectivity index (χ4n) is 2.46. The Kier molecular flexibility index (Phi) is 5.79. The van der Waals surface area contributed by atoms with Gasteiger partial charge in [0.25, 0.3) is 11.8 Å². The van der Waals surface area contributed by atoms with Crippen molar-refractivity contribution >= 4 is 46.4 Å². The summed E-state index contributed by atoms with van der Waals surface area (Å²) < 4.78 is 0. The van der Waals surface area contributed by atoms with E-state index in [1.807, 2.05) is 13.0 Å². The van der Waals surface area contributed by atoms with Crippen LogP contribution < -0.4 is 10.6 Å². The van der Waals surface area contributed by atoms with Crippen LogP contribution in [0.25, 0.3) is 0 Å². The molecule has 0 aromatic heterocycles. The Morgan fingerprint density at radius 3 is 1.59 bits per heavy atom. The van der Waals surface area contributed by atoms with Crippen LogP contribution in [0.15, 0.2) is 66.7 Å². The first kappa shape index (κ1) is 19.0. The largest absolute Gasteiger partial charge is 0.320 e. The van der Waals surface area contributed by atoms with E-state index >= 15 is 0 Å². The summed E-state index contributed by atoms with van der Waals surface area (Å²) in [5.74, 6) is -0.586. The second kappa shape index (κ2) is 8.25. The lowest BCUT2D eigenvalue weighted by atomic mass is 10.1. The molecular weight excluding hydrogens is 383 g/mol. The molecule has 3 aromatic rings. The van der Waals surface area contributed by atoms with Gasteiger partial charge in [-0.15, -0.1) is 0 Å². The summed E-state index contributed by atoms with van der Waals surface area (Å²) in [7, 11) is 0. The summed E-state index contributed by atoms with van der Waals surface area (Å²) in [4.78, 5) is 25.0. The summed E-state index contributed by atoms with van der Waals surface area (Å²) in [6, 6.07) is 18.5. The van der Waals surface area contributed by atoms with Gasteiger partial charge in [0.1, 0.15) is 0 Å². The Morgan fingerprint density at radius 1 is 0.667 bits per heavy atom. The Labute approximate surface area is 167 Å². The summed E-state index contributed by atoms with van der Waals surface area (Å²) in [5.41, 5.74) is 2.90. The van der Waals surface area contributed by atoms with Gasteiger partial charge in [0.05, 0.1) is 11.4 Å². The number of halogens is 2. The zero-order chi connectivity index (χ0) is 19.4. The van der Waals surface area contributed by atoms with Crippen LogP contribution in [-0.4, -0.2) is 11.8 Å². The van der Waals surface area contributed by atoms with Gasteiger partial charge < -0.3 is 10.6 Å². The predicted molar refractivity (Wildman–Crippen MR) is 110 cm³/mol. The van der Waals surface area contributed by atoms with Crippen molar-refractivity contribution in [1.29, 1.82) is 0 Å². The third kappa shape index (κ3) is 4.88. The van der Waals surface area contributed by atoms with Crippen molar-refractivity contribution in [2.45, 2.75) is 6.92 Å². The molecule has 0 bridgehead atoms. The number of benzene rings is 3. The monoisotopic (exact) mass is 398 g/mol. The van der Waals surface area contributed by atoms with Crippen LogP contribution in [0, 0.1) is 6.92 Å². The summed E-state index contributed by atoms with van der Waals surface area (Å²) >= 11 is 11.7. The molecule has 0 radical (unpaired) electrons. The Bertz CT molecular complexity index is 984. The van der Waals surface area contributed by atoms with Crippen LogP contribution >= 0.6 is 23.2 Å². The van der Waals surface area contributed by atoms with Gasteiger partial charge in [0.2, 0.25) is 0 Å². The zero-order valence-electron chi connectivity index (χ0n) is 14.4. The van der Waals surface area contributed by atoms with Crippen LogP contribution in [0.5, 0.6) is 0 Å². The Morgan fingerprint density at radius 2 is 1.11 bits per heavy atom. The first-order chi connectivity index (χ1) is 12.9. The summed E-state index contributed by atoms with van der Waals surface area (Å²) in [6.07, 6.45) is 0. The van der Waals surface area contributed by atoms with Gasteiger partial charge in [-0.25, -0.2) is 0 Å². The van der Waals surface area contributed by atoms with Crippen molar-refractivity contribution in [3.8, 4) is 0 Å². The summed E-state index contributed by atoms with van der Waals surface area (Å²) in [5, 5.41) is 6.76. The lowest BCUT2D eigenvalue weighted by Gasteiger charge is -2.13. The van der Waals surface area contributed by atoms with E-state index in [4.69, 9.17) is 23.2 Å². The molecule has 136 valence electrons. The number of carbonyl (C=O) groups is 2. The number of aryl methyl sites for hydroxylation is 1. The van der Waals surface area contributed by atoms with Gasteiger partial charge in [0, 0.05) is 21.2 Å². The average Bonchev–Trinajstić information content (AvgIpc) is 2.65. The fraction of sp³-hybridized carbons (Fsp3) is 0.0476. The van der Waals surface area contributed by atoms with E-state index in [-0.39, 0.29) is 11.8 Å². The molecule has 0 unspecified atom stereocenters. The number of amides is 2. The van der Waals surface area contributed by atoms with Crippen LogP contribution in [-0.2, 0) is 0 Å². The molecule has 2 N–H and O–H groups in total. The minimum absolute atomic E-state index is 0.292. The molecule has 0 saturated carbocycles. The third-order valence-corrected chi connectivity index (χ3v) is 4.39. The molecule has 4 nitrogen and oxygen atoms in total. The second-order valence-corrected chi connectivity index (χ2v) is 6.84. The van der Waals surface area contributed by atoms with Crippen molar-refractivity contribution in [3.05, 3.63) is 93.5 Å². The number of carbonyl (C=O) groups excluding carboxylic acids is 2. The van der Waals surface area contributed by atoms with E-state index in [1.165, 1.54) is 0 Å². The van der Waals surface area contributed by atoms with E-state index in [1.54, 1.807) is 60.7 Å². The molecule has 0 atom stereocenters. The molecule has 0 aliphatic rings. The van der Waals surface area contributed by atoms with Gasteiger partial charge in [-0.1, -0.05) is 29.3 Å². The van der Waals surface area contributed by atoms with E-state index in [0.29, 0.717) is 32.5 Å². The van der Waals surface area contributed by atoms with Gasteiger partial charge in [-0.05, 0) is 73.2 Å². The summed E-state index contributed by atoms with van der Waals surface area (Å²) in [6.45, 7) is 1.91. The van der Waals surface area contributed by atoms with Crippen molar-refractivity contribution in [2.75, 3.05) is 10.6 Å². The van der Waals surface area contributed by atoms with Crippen LogP contribution in [0.4, 0.5) is 11.4 Å². The first-order valence-corrected chi connectivity index (χ1v) is 8.92. The van der Waals surface area contributed by atoms with E-state index in [0.717, 1.165) is 5.56 Å². The average molecular weight is 399 g/mol. The number of nitrogens with one attached hydrogen (secondary N) is 2. The molecule has 0 spiro atoms. The van der Waals surface area contributed by atoms with Gasteiger partial charge in [-0.3, -0.25) is 9.59 Å². The highest BCUT2D eigenvalue weighted by Crippen LogP contribution is 2.25. The SMILES string of the molecule is Cc1ccc(NC(=O)c2ccc(Cl)cc2)c(NC(=O)c2ccc(Cl)cc2)c1. The topological polar surface area (TPSA) is 58.2 Å². The minimum atomic E-state index is -0.294. The highest BCUT2D eigenvalue weighted by atomic mass is 35.5. The predicted octanol–water partition coefficient (Wildman–Crippen LogP) is 5.81. The lowest BCUT2D eigenvalue weighted by Crippen LogP contribution is -2.17. The molecule has 3 rings (SSSR count). The Hall–Kier alpha value is -2.82. The second-order valence-electron chi connectivity index (χ2n) is 5.97. The van der Waals surface area contributed by atoms with Gasteiger partial charge >= 0.3 is 0 Å². The molecule has 0 aliphatic heterocycles. The standard InChI is InChI=1S/C21H16Cl2N2O2/c1-13-2-11-18(24-20(26)14-3-7-16(22)8-4-14)19(12-13)25-21(27)15-5-9-17(23)10-6-15/h2-12H,1H3,(H,24,26)(H,25,27). The molecule has 0 saturated heterocycles. The molecule has 0 aliphatic carbocycles. The maximum atomic E-state index is 12.5. The van der Waals surface area contributed by atoms with Crippen molar-refractivity contribution in [3.63, 3.8) is 0 Å². The maximum absolute atomic E-state index is 12.5. The molecule has 0 heterocycles. The third-order valence-electron chi connectivity index (χ3n) is 3.88. The number of hydrogen-bond acceptors (Lipinski definition) is 2. The molecule has 0 fully saturated rings. The van der Waals surface area contributed by atoms with Crippen molar-refractivity contribution in [2.24, 2.45) is 0 Å². The number of anilines is 2. The van der Waals surface area contributed by atoms with Crippen LogP contribution in [0.2, 0.25) is 10.0 Å². The zero-order valence-corrected chi connectivity index (χ0v) is 15.9. The molecule has 2 amide bonds. The van der Waals surface area contributed by atoms with Gasteiger partial charge in [0.15, 0.2) is 0 Å². The highest BCUT2D eigenvalue weighted by molar-refractivity contribution is 6.31. The molecule has 3 aromatic carbocycles. The molecule has 6 heteroatoms. The van der Waals surface area contributed by atoms with E-state index in [9.17, 15) is 9.59 Å². The first-order valence-electron chi connectivity index (χ1n) is 8.17. The maximum Gasteiger partial charge on any atom is 0.255 e. The van der Waals surface area contributed by atoms with Crippen LogP contribution in [0.1, 0.15) is 26.3 Å². The minimum Gasteiger partial charge on any atom is -0.320 e. The highest BCUT2D eigenvalue weighted by Gasteiger charge is 2.13. The normalized spacial score (nSPS) is 10.3. The molecule has 27 heavy (non-hydrogen) atoms. The fourth-order valence-corrected chi connectivity index (χ4v) is 2.71. The van der Waals surface area contributed by atoms with Crippen LogP contribution in [0.3, 0.4) is 0 Å². The Balaban J connectivity index is 1.82. The number of rotatable bonds is 4. The van der Waals surface area contributed by atoms with Crippen molar-refractivity contribution in [1.82, 2.24) is 0 Å². The number of hydrogen-bond donors (Lipinski definition) is 2. The van der Waals surface area contributed by atoms with E-state index in [2.05, 4.69) is 10.6 Å². The van der Waals surface area contributed by atoms with Gasteiger partial charge in [-0.2, -0.15) is 0 Å². The van der Waals surface area contributed by atoms with Crippen molar-refractivity contribution < 1.29 is 9.59 Å².